The van der Waals surface area contributed by atoms with Crippen LogP contribution in [0.3, 0.4) is 0 Å². The Bertz CT molecular complexity index is 747. The van der Waals surface area contributed by atoms with Crippen molar-refractivity contribution in [3.05, 3.63) is 35.5 Å². The summed E-state index contributed by atoms with van der Waals surface area (Å²) in [5.74, 6) is 0.522. The molecule has 0 radical (unpaired) electrons. The van der Waals surface area contributed by atoms with E-state index in [1.807, 2.05) is 0 Å². The molecule has 1 aromatic heterocycles. The molecular weight excluding hydrogens is 325 g/mol. The molecule has 7 heteroatoms. The number of hydrogen-bond donors (Lipinski definition) is 2. The average molecular weight is 347 g/mol. The van der Waals surface area contributed by atoms with E-state index in [0.717, 1.165) is 19.3 Å². The molecule has 6 nitrogen and oxygen atoms in total. The van der Waals surface area contributed by atoms with Crippen LogP contribution >= 0.6 is 0 Å². The van der Waals surface area contributed by atoms with Gasteiger partial charge in [0.2, 0.25) is 17.6 Å². The molecule has 1 saturated carbocycles. The highest BCUT2D eigenvalue weighted by Crippen LogP contribution is 2.24. The summed E-state index contributed by atoms with van der Waals surface area (Å²) in [5.41, 5.74) is 1.19. The van der Waals surface area contributed by atoms with Crippen molar-refractivity contribution in [3.63, 3.8) is 0 Å². The minimum absolute atomic E-state index is 0.100. The van der Waals surface area contributed by atoms with Gasteiger partial charge in [0.1, 0.15) is 5.82 Å². The lowest BCUT2D eigenvalue weighted by Crippen LogP contribution is -2.32. The minimum atomic E-state index is -0.307. The molecule has 0 aliphatic heterocycles. The number of carbonyl (C=O) groups is 1. The Morgan fingerprint density at radius 2 is 2.28 bits per heavy atom. The zero-order valence-corrected chi connectivity index (χ0v) is 14.2. The summed E-state index contributed by atoms with van der Waals surface area (Å²) in [6, 6.07) is 4.62. The highest BCUT2D eigenvalue weighted by Gasteiger charge is 2.25. The lowest BCUT2D eigenvalue weighted by atomic mass is 10.1. The van der Waals surface area contributed by atoms with E-state index < -0.39 is 0 Å². The van der Waals surface area contributed by atoms with E-state index in [1.165, 1.54) is 6.07 Å². The third kappa shape index (κ3) is 4.42. The van der Waals surface area contributed by atoms with Gasteiger partial charge in [0.25, 0.3) is 0 Å². The molecule has 1 aromatic carbocycles. The number of hydrogen-bond acceptors (Lipinski definition) is 5. The molecule has 1 aliphatic rings. The fourth-order valence-corrected chi connectivity index (χ4v) is 3.07. The maximum Gasteiger partial charge on any atom is 0.227 e. The number of carbonyl (C=O) groups excluding carboxylic acids is 1. The van der Waals surface area contributed by atoms with Crippen molar-refractivity contribution >= 4 is 5.91 Å². The quantitative estimate of drug-likeness (QED) is 0.838. The van der Waals surface area contributed by atoms with Crippen LogP contribution in [0.5, 0.6) is 0 Å². The van der Waals surface area contributed by atoms with Crippen molar-refractivity contribution in [2.45, 2.75) is 45.1 Å². The van der Waals surface area contributed by atoms with Gasteiger partial charge >= 0.3 is 0 Å². The lowest BCUT2D eigenvalue weighted by molar-refractivity contribution is -0.121. The second-order valence-corrected chi connectivity index (χ2v) is 6.54. The molecule has 3 rings (SSSR count). The Labute approximate surface area is 145 Å². The number of aliphatic hydroxyl groups excluding tert-OH is 1. The first-order chi connectivity index (χ1) is 12.0. The Balaban J connectivity index is 1.49. The summed E-state index contributed by atoms with van der Waals surface area (Å²) >= 11 is 0. The zero-order valence-electron chi connectivity index (χ0n) is 14.2. The van der Waals surface area contributed by atoms with Crippen molar-refractivity contribution in [1.29, 1.82) is 0 Å². The topological polar surface area (TPSA) is 88.2 Å². The Morgan fingerprint density at radius 3 is 3.00 bits per heavy atom. The predicted octanol–water partition coefficient (Wildman–Crippen LogP) is 2.39. The van der Waals surface area contributed by atoms with Crippen LogP contribution in [0.15, 0.2) is 22.7 Å². The molecule has 2 unspecified atom stereocenters. The summed E-state index contributed by atoms with van der Waals surface area (Å²) in [6.45, 7) is 2.18. The summed E-state index contributed by atoms with van der Waals surface area (Å²) < 4.78 is 18.5. The van der Waals surface area contributed by atoms with Crippen molar-refractivity contribution < 1.29 is 18.8 Å². The van der Waals surface area contributed by atoms with E-state index in [-0.39, 0.29) is 30.2 Å². The minimum Gasteiger partial charge on any atom is -0.393 e. The molecule has 2 N–H and O–H groups in total. The van der Waals surface area contributed by atoms with Crippen LogP contribution in [-0.4, -0.2) is 33.8 Å². The van der Waals surface area contributed by atoms with Crippen molar-refractivity contribution in [3.8, 4) is 11.4 Å². The number of amides is 1. The van der Waals surface area contributed by atoms with Crippen LogP contribution in [0.1, 0.15) is 37.1 Å². The summed E-state index contributed by atoms with van der Waals surface area (Å²) in [5, 5.41) is 16.5. The number of nitrogens with zero attached hydrogens (tertiary/aromatic N) is 2. The number of aliphatic hydroxyl groups is 1. The molecule has 0 bridgehead atoms. The van der Waals surface area contributed by atoms with E-state index in [9.17, 15) is 14.3 Å². The second kappa shape index (κ2) is 7.74. The summed E-state index contributed by atoms with van der Waals surface area (Å²) in [4.78, 5) is 16.2. The lowest BCUT2D eigenvalue weighted by Gasteiger charge is -2.14. The first kappa shape index (κ1) is 17.5. The molecule has 25 heavy (non-hydrogen) atoms. The van der Waals surface area contributed by atoms with Crippen LogP contribution < -0.4 is 5.32 Å². The Kier molecular flexibility index (Phi) is 5.43. The third-order valence-electron chi connectivity index (χ3n) is 4.63. The molecule has 1 amide bonds. The van der Waals surface area contributed by atoms with Gasteiger partial charge < -0.3 is 14.9 Å². The molecule has 1 fully saturated rings. The van der Waals surface area contributed by atoms with Crippen LogP contribution in [0.25, 0.3) is 11.4 Å². The van der Waals surface area contributed by atoms with Gasteiger partial charge in [0, 0.05) is 30.9 Å². The van der Waals surface area contributed by atoms with E-state index in [1.54, 1.807) is 19.1 Å². The van der Waals surface area contributed by atoms with E-state index in [4.69, 9.17) is 4.52 Å². The number of aryl methyl sites for hydroxylation is 2. The third-order valence-corrected chi connectivity index (χ3v) is 4.63. The summed E-state index contributed by atoms with van der Waals surface area (Å²) in [6.07, 6.45) is 3.05. The summed E-state index contributed by atoms with van der Waals surface area (Å²) in [7, 11) is 0. The Hall–Kier alpha value is -2.28. The van der Waals surface area contributed by atoms with Crippen LogP contribution in [0, 0.1) is 18.7 Å². The molecule has 0 spiro atoms. The normalized spacial score (nSPS) is 20.0. The molecule has 1 aliphatic carbocycles. The maximum absolute atomic E-state index is 13.3. The smallest absolute Gasteiger partial charge is 0.227 e. The monoisotopic (exact) mass is 347 g/mol. The number of aromatic nitrogens is 2. The average Bonchev–Trinajstić information content (AvgIpc) is 3.22. The predicted molar refractivity (Wildman–Crippen MR) is 89.1 cm³/mol. The Morgan fingerprint density at radius 1 is 1.44 bits per heavy atom. The van der Waals surface area contributed by atoms with Gasteiger partial charge in [-0.05, 0) is 43.5 Å². The van der Waals surface area contributed by atoms with Crippen molar-refractivity contribution in [2.75, 3.05) is 6.54 Å². The number of halogens is 1. The SMILES string of the molecule is Cc1cc(-c2noc(CCC(=O)NCC3CCCC3O)n2)ccc1F. The van der Waals surface area contributed by atoms with Gasteiger partial charge in [-0.3, -0.25) is 4.79 Å². The molecule has 134 valence electrons. The number of benzene rings is 1. The first-order valence-electron chi connectivity index (χ1n) is 8.57. The first-order valence-corrected chi connectivity index (χ1v) is 8.57. The van der Waals surface area contributed by atoms with E-state index >= 15 is 0 Å². The molecule has 1 heterocycles. The second-order valence-electron chi connectivity index (χ2n) is 6.54. The maximum atomic E-state index is 13.3. The van der Waals surface area contributed by atoms with Gasteiger partial charge in [0.05, 0.1) is 6.10 Å². The van der Waals surface area contributed by atoms with Gasteiger partial charge in [-0.25, -0.2) is 4.39 Å². The fourth-order valence-electron chi connectivity index (χ4n) is 3.07. The van der Waals surface area contributed by atoms with Crippen LogP contribution in [0.2, 0.25) is 0 Å². The highest BCUT2D eigenvalue weighted by atomic mass is 19.1. The fraction of sp³-hybridized carbons (Fsp3) is 0.500. The molecule has 2 aromatic rings. The van der Waals surface area contributed by atoms with Gasteiger partial charge in [-0.1, -0.05) is 11.6 Å². The number of nitrogens with one attached hydrogen (secondary N) is 1. The van der Waals surface area contributed by atoms with Gasteiger partial charge in [-0.15, -0.1) is 0 Å². The van der Waals surface area contributed by atoms with E-state index in [0.29, 0.717) is 35.8 Å². The number of rotatable bonds is 6. The van der Waals surface area contributed by atoms with Crippen LogP contribution in [-0.2, 0) is 11.2 Å². The zero-order chi connectivity index (χ0) is 17.8. The van der Waals surface area contributed by atoms with Crippen molar-refractivity contribution in [2.24, 2.45) is 5.92 Å². The molecule has 2 atom stereocenters. The van der Waals surface area contributed by atoms with Crippen LogP contribution in [0.4, 0.5) is 4.39 Å². The van der Waals surface area contributed by atoms with E-state index in [2.05, 4.69) is 15.5 Å². The highest BCUT2D eigenvalue weighted by molar-refractivity contribution is 5.76. The molecule has 0 saturated heterocycles. The van der Waals surface area contributed by atoms with Gasteiger partial charge in [0.15, 0.2) is 0 Å². The largest absolute Gasteiger partial charge is 0.393 e. The molecular formula is C18H22FN3O3. The van der Waals surface area contributed by atoms with Crippen molar-refractivity contribution in [1.82, 2.24) is 15.5 Å². The van der Waals surface area contributed by atoms with Gasteiger partial charge in [-0.2, -0.15) is 4.98 Å². The standard InChI is InChI=1S/C18H22FN3O3/c1-11-9-12(5-6-14(11)19)18-21-17(25-22-18)8-7-16(24)20-10-13-3-2-4-15(13)23/h5-6,9,13,15,23H,2-4,7-8,10H2,1H3,(H,20,24).